The molecule has 3 fully saturated rings. The average molecular weight is 238 g/mol. The highest BCUT2D eigenvalue weighted by molar-refractivity contribution is 5.01. The molecular weight excluding hydrogens is 212 g/mol. The number of hydrogen-bond donors (Lipinski definition) is 1. The number of nitrogens with zero attached hydrogens (tertiary/aromatic N) is 1. The van der Waals surface area contributed by atoms with Crippen LogP contribution in [0.2, 0.25) is 0 Å². The maximum atomic E-state index is 6.41. The highest BCUT2D eigenvalue weighted by Gasteiger charge is 2.47. The number of morpholine rings is 1. The van der Waals surface area contributed by atoms with Crippen LogP contribution in [0.3, 0.4) is 0 Å². The molecule has 2 saturated carbocycles. The maximum absolute atomic E-state index is 6.41. The Bertz CT molecular complexity index is 290. The predicted octanol–water partition coefficient (Wildman–Crippen LogP) is 1.47. The van der Waals surface area contributed by atoms with Crippen LogP contribution in [0.1, 0.15) is 33.1 Å². The molecule has 4 atom stereocenters. The quantitative estimate of drug-likeness (QED) is 0.792. The molecule has 0 aromatic rings. The summed E-state index contributed by atoms with van der Waals surface area (Å²) in [5.41, 5.74) is 6.61. The van der Waals surface area contributed by atoms with Crippen LogP contribution in [0, 0.1) is 17.8 Å². The first kappa shape index (κ1) is 11.9. The summed E-state index contributed by atoms with van der Waals surface area (Å²) in [6.07, 6.45) is 4.21. The van der Waals surface area contributed by atoms with Crippen LogP contribution in [0.25, 0.3) is 0 Å². The lowest BCUT2D eigenvalue weighted by Crippen LogP contribution is -2.56. The van der Waals surface area contributed by atoms with Crippen molar-refractivity contribution in [3.05, 3.63) is 0 Å². The predicted molar refractivity (Wildman–Crippen MR) is 68.8 cm³/mol. The van der Waals surface area contributed by atoms with Crippen molar-refractivity contribution in [1.29, 1.82) is 0 Å². The number of rotatable bonds is 2. The second kappa shape index (κ2) is 4.22. The minimum atomic E-state index is 0.194. The van der Waals surface area contributed by atoms with Gasteiger partial charge in [-0.15, -0.1) is 0 Å². The van der Waals surface area contributed by atoms with Gasteiger partial charge < -0.3 is 10.5 Å². The summed E-state index contributed by atoms with van der Waals surface area (Å²) in [7, 11) is 0. The molecule has 1 aliphatic heterocycles. The summed E-state index contributed by atoms with van der Waals surface area (Å²) in [5, 5.41) is 0. The topological polar surface area (TPSA) is 38.5 Å². The highest BCUT2D eigenvalue weighted by atomic mass is 16.5. The number of fused-ring (bicyclic) bond motifs is 2. The lowest BCUT2D eigenvalue weighted by molar-refractivity contribution is -0.0612. The van der Waals surface area contributed by atoms with Gasteiger partial charge in [0.2, 0.25) is 0 Å². The van der Waals surface area contributed by atoms with E-state index >= 15 is 0 Å². The van der Waals surface area contributed by atoms with Crippen LogP contribution in [0.5, 0.6) is 0 Å². The Labute approximate surface area is 105 Å². The van der Waals surface area contributed by atoms with Gasteiger partial charge in [0, 0.05) is 24.7 Å². The zero-order chi connectivity index (χ0) is 12.0. The Kier molecular flexibility index (Phi) is 2.96. The summed E-state index contributed by atoms with van der Waals surface area (Å²) < 4.78 is 5.60. The molecular formula is C14H26N2O. The Morgan fingerprint density at radius 2 is 2.06 bits per heavy atom. The molecule has 4 unspecified atom stereocenters. The van der Waals surface area contributed by atoms with Crippen molar-refractivity contribution in [2.45, 2.75) is 44.7 Å². The monoisotopic (exact) mass is 238 g/mol. The fraction of sp³-hybridized carbons (Fsp3) is 1.00. The molecule has 0 radical (unpaired) electrons. The van der Waals surface area contributed by atoms with Crippen LogP contribution in [-0.2, 0) is 4.74 Å². The Balaban J connectivity index is 1.66. The minimum absolute atomic E-state index is 0.194. The van der Waals surface area contributed by atoms with Crippen molar-refractivity contribution in [3.63, 3.8) is 0 Å². The normalized spacial score (nSPS) is 45.4. The van der Waals surface area contributed by atoms with Gasteiger partial charge in [0.1, 0.15) is 0 Å². The highest BCUT2D eigenvalue weighted by Crippen LogP contribution is 2.48. The minimum Gasteiger partial charge on any atom is -0.378 e. The molecule has 3 nitrogen and oxygen atoms in total. The molecule has 0 amide bonds. The summed E-state index contributed by atoms with van der Waals surface area (Å²) in [6, 6.07) is 0.465. The smallest absolute Gasteiger partial charge is 0.0645 e. The van der Waals surface area contributed by atoms with Crippen LogP contribution in [0.15, 0.2) is 0 Å². The summed E-state index contributed by atoms with van der Waals surface area (Å²) in [5.74, 6) is 2.48. The Morgan fingerprint density at radius 1 is 1.29 bits per heavy atom. The third-order valence-electron chi connectivity index (χ3n) is 5.41. The van der Waals surface area contributed by atoms with Crippen molar-refractivity contribution in [1.82, 2.24) is 4.90 Å². The first-order valence-corrected chi connectivity index (χ1v) is 7.16. The molecule has 1 heterocycles. The van der Waals surface area contributed by atoms with E-state index in [1.165, 1.54) is 25.8 Å². The number of hydrogen-bond acceptors (Lipinski definition) is 3. The molecule has 17 heavy (non-hydrogen) atoms. The summed E-state index contributed by atoms with van der Waals surface area (Å²) >= 11 is 0. The fourth-order valence-electron chi connectivity index (χ4n) is 4.21. The zero-order valence-electron chi connectivity index (χ0n) is 11.2. The molecule has 2 aliphatic carbocycles. The maximum Gasteiger partial charge on any atom is 0.0645 e. The molecule has 98 valence electrons. The molecule has 3 heteroatoms. The van der Waals surface area contributed by atoms with Gasteiger partial charge in [0.15, 0.2) is 0 Å². The number of nitrogens with two attached hydrogens (primary N) is 1. The molecule has 0 spiro atoms. The molecule has 3 aliphatic rings. The van der Waals surface area contributed by atoms with Crippen LogP contribution in [-0.4, -0.2) is 42.8 Å². The first-order chi connectivity index (χ1) is 8.08. The van der Waals surface area contributed by atoms with Gasteiger partial charge >= 0.3 is 0 Å². The van der Waals surface area contributed by atoms with Gasteiger partial charge in [0.25, 0.3) is 0 Å². The van der Waals surface area contributed by atoms with E-state index in [1.807, 2.05) is 0 Å². The van der Waals surface area contributed by atoms with Crippen molar-refractivity contribution >= 4 is 0 Å². The van der Waals surface area contributed by atoms with Gasteiger partial charge in [-0.25, -0.2) is 0 Å². The Morgan fingerprint density at radius 3 is 2.71 bits per heavy atom. The van der Waals surface area contributed by atoms with Crippen LogP contribution >= 0.6 is 0 Å². The molecule has 0 aromatic heterocycles. The van der Waals surface area contributed by atoms with Crippen molar-refractivity contribution in [2.75, 3.05) is 26.3 Å². The van der Waals surface area contributed by atoms with E-state index in [0.717, 1.165) is 37.5 Å². The van der Waals surface area contributed by atoms with E-state index in [1.54, 1.807) is 0 Å². The SMILES string of the molecule is CC1(C)COCCN1CC1C2CCC(C2)C1N. The largest absolute Gasteiger partial charge is 0.378 e. The van der Waals surface area contributed by atoms with Gasteiger partial charge in [-0.1, -0.05) is 0 Å². The average Bonchev–Trinajstić information content (AvgIpc) is 2.84. The molecule has 3 rings (SSSR count). The molecule has 2 N–H and O–H groups in total. The van der Waals surface area contributed by atoms with Gasteiger partial charge in [0.05, 0.1) is 13.2 Å². The lowest BCUT2D eigenvalue weighted by atomic mass is 9.83. The fourth-order valence-corrected chi connectivity index (χ4v) is 4.21. The van der Waals surface area contributed by atoms with Gasteiger partial charge in [-0.2, -0.15) is 0 Å². The van der Waals surface area contributed by atoms with Gasteiger partial charge in [-0.05, 0) is 50.9 Å². The van der Waals surface area contributed by atoms with E-state index in [9.17, 15) is 0 Å². The van der Waals surface area contributed by atoms with E-state index in [2.05, 4.69) is 18.7 Å². The van der Waals surface area contributed by atoms with Crippen molar-refractivity contribution in [3.8, 4) is 0 Å². The van der Waals surface area contributed by atoms with E-state index in [0.29, 0.717) is 6.04 Å². The van der Waals surface area contributed by atoms with Crippen LogP contribution in [0.4, 0.5) is 0 Å². The molecule has 0 aromatic carbocycles. The van der Waals surface area contributed by atoms with E-state index < -0.39 is 0 Å². The van der Waals surface area contributed by atoms with Gasteiger partial charge in [-0.3, -0.25) is 4.90 Å². The summed E-state index contributed by atoms with van der Waals surface area (Å²) in [4.78, 5) is 2.61. The first-order valence-electron chi connectivity index (χ1n) is 7.16. The number of ether oxygens (including phenoxy) is 1. The van der Waals surface area contributed by atoms with Crippen molar-refractivity contribution in [2.24, 2.45) is 23.5 Å². The lowest BCUT2D eigenvalue weighted by Gasteiger charge is -2.45. The third-order valence-corrected chi connectivity index (χ3v) is 5.41. The second-order valence-corrected chi connectivity index (χ2v) is 6.89. The molecule has 1 saturated heterocycles. The second-order valence-electron chi connectivity index (χ2n) is 6.89. The summed E-state index contributed by atoms with van der Waals surface area (Å²) in [6.45, 7) is 8.62. The van der Waals surface area contributed by atoms with E-state index in [4.69, 9.17) is 10.5 Å². The molecule has 2 bridgehead atoms. The van der Waals surface area contributed by atoms with Crippen molar-refractivity contribution < 1.29 is 4.74 Å². The van der Waals surface area contributed by atoms with Crippen LogP contribution < -0.4 is 5.73 Å². The third kappa shape index (κ3) is 2.02. The Hall–Kier alpha value is -0.120. The standard InChI is InChI=1S/C14H26N2O/c1-14(2)9-17-6-5-16(14)8-12-10-3-4-11(7-10)13(12)15/h10-13H,3-9,15H2,1-2H3. The zero-order valence-corrected chi connectivity index (χ0v) is 11.2. The van der Waals surface area contributed by atoms with E-state index in [-0.39, 0.29) is 5.54 Å².